The molecule has 1 amide bonds. The predicted octanol–water partition coefficient (Wildman–Crippen LogP) is 1.49. The first-order chi connectivity index (χ1) is 10.7. The number of hydrogen-bond donors (Lipinski definition) is 1. The second-order valence-corrected chi connectivity index (χ2v) is 6.87. The molecule has 1 saturated heterocycles. The van der Waals surface area contributed by atoms with Crippen molar-refractivity contribution in [1.29, 1.82) is 0 Å². The zero-order chi connectivity index (χ0) is 17.2. The normalized spacial score (nSPS) is 19.8. The van der Waals surface area contributed by atoms with Gasteiger partial charge < -0.3 is 10.0 Å². The molecule has 1 heterocycles. The van der Waals surface area contributed by atoms with Crippen LogP contribution in [0.4, 0.5) is 8.28 Å². The lowest BCUT2D eigenvalue weighted by Gasteiger charge is -2.27. The monoisotopic (exact) mass is 347 g/mol. The number of amides is 1. The first kappa shape index (κ1) is 17.3. The van der Waals surface area contributed by atoms with Crippen molar-refractivity contribution in [3.8, 4) is 0 Å². The molecular formula is C14H15F2NO5S. The minimum absolute atomic E-state index is 0.0343. The van der Waals surface area contributed by atoms with Gasteiger partial charge in [0.15, 0.2) is 0 Å². The summed E-state index contributed by atoms with van der Waals surface area (Å²) in [5, 5.41) is 9.02. The summed E-state index contributed by atoms with van der Waals surface area (Å²) in [5.41, 5.74) is 0.0343. The van der Waals surface area contributed by atoms with E-state index in [0.29, 0.717) is 0 Å². The summed E-state index contributed by atoms with van der Waals surface area (Å²) in [5.74, 6) is -4.00. The number of benzene rings is 1. The van der Waals surface area contributed by atoms with E-state index >= 15 is 0 Å². The molecule has 2 atom stereocenters. The number of carbonyl (C=O) groups is 2. The first-order valence-corrected chi connectivity index (χ1v) is 8.40. The van der Waals surface area contributed by atoms with Gasteiger partial charge in [-0.25, -0.2) is 4.39 Å². The minimum atomic E-state index is -4.75. The fourth-order valence-electron chi connectivity index (χ4n) is 2.80. The molecule has 0 bridgehead atoms. The van der Waals surface area contributed by atoms with Crippen molar-refractivity contribution in [1.82, 2.24) is 4.90 Å². The molecule has 1 fully saturated rings. The summed E-state index contributed by atoms with van der Waals surface area (Å²) in [6.07, 6.45) is -0.741. The van der Waals surface area contributed by atoms with Crippen molar-refractivity contribution < 1.29 is 31.4 Å². The van der Waals surface area contributed by atoms with E-state index in [1.807, 2.05) is 0 Å². The fraction of sp³-hybridized carbons (Fsp3) is 0.429. The van der Waals surface area contributed by atoms with E-state index in [1.165, 1.54) is 18.2 Å². The molecule has 6 nitrogen and oxygen atoms in total. The van der Waals surface area contributed by atoms with Crippen LogP contribution in [0.3, 0.4) is 0 Å². The van der Waals surface area contributed by atoms with Gasteiger partial charge in [-0.1, -0.05) is 18.2 Å². The van der Waals surface area contributed by atoms with Gasteiger partial charge in [0.1, 0.15) is 5.82 Å². The number of rotatable bonds is 6. The van der Waals surface area contributed by atoms with E-state index in [9.17, 15) is 26.3 Å². The van der Waals surface area contributed by atoms with Gasteiger partial charge in [0.2, 0.25) is 5.91 Å². The van der Waals surface area contributed by atoms with E-state index in [0.717, 1.165) is 11.0 Å². The van der Waals surface area contributed by atoms with Crippen LogP contribution < -0.4 is 0 Å². The third-order valence-corrected chi connectivity index (χ3v) is 4.55. The van der Waals surface area contributed by atoms with Crippen LogP contribution in [0.25, 0.3) is 0 Å². The molecule has 126 valence electrons. The molecule has 1 aromatic carbocycles. The zero-order valence-corrected chi connectivity index (χ0v) is 12.8. The Kier molecular flexibility index (Phi) is 4.98. The average molecular weight is 347 g/mol. The largest absolute Gasteiger partial charge is 0.481 e. The zero-order valence-electron chi connectivity index (χ0n) is 12.0. The Morgan fingerprint density at radius 1 is 1.39 bits per heavy atom. The van der Waals surface area contributed by atoms with Gasteiger partial charge in [-0.2, -0.15) is 8.42 Å². The maximum Gasteiger partial charge on any atom is 0.305 e. The second-order valence-electron chi connectivity index (χ2n) is 5.46. The van der Waals surface area contributed by atoms with Crippen molar-refractivity contribution >= 4 is 22.1 Å². The maximum absolute atomic E-state index is 14.0. The van der Waals surface area contributed by atoms with Crippen LogP contribution in [0.15, 0.2) is 24.3 Å². The lowest BCUT2D eigenvalue weighted by atomic mass is 10.0. The quantitative estimate of drug-likeness (QED) is 0.787. The molecule has 1 N–H and O–H groups in total. The number of hydrogen-bond acceptors (Lipinski definition) is 4. The van der Waals surface area contributed by atoms with E-state index in [-0.39, 0.29) is 18.5 Å². The highest BCUT2D eigenvalue weighted by Crippen LogP contribution is 2.33. The van der Waals surface area contributed by atoms with Gasteiger partial charge in [-0.05, 0) is 6.07 Å². The fourth-order valence-corrected chi connectivity index (χ4v) is 3.59. The maximum atomic E-state index is 14.0. The van der Waals surface area contributed by atoms with E-state index < -0.39 is 52.1 Å². The molecule has 1 aromatic rings. The van der Waals surface area contributed by atoms with Crippen molar-refractivity contribution in [2.45, 2.75) is 18.9 Å². The van der Waals surface area contributed by atoms with Crippen molar-refractivity contribution in [2.75, 3.05) is 12.3 Å². The summed E-state index contributed by atoms with van der Waals surface area (Å²) in [4.78, 5) is 24.2. The van der Waals surface area contributed by atoms with Crippen LogP contribution >= 0.6 is 0 Å². The summed E-state index contributed by atoms with van der Waals surface area (Å²) in [6, 6.07) is 4.40. The SMILES string of the molecule is O=C(O)CC(c1ccccc1F)N1CC(CS(=O)(=O)F)CC1=O. The summed E-state index contributed by atoms with van der Waals surface area (Å²) in [7, 11) is -4.75. The van der Waals surface area contributed by atoms with Gasteiger partial charge in [-0.15, -0.1) is 3.89 Å². The number of carboxylic acids is 1. The van der Waals surface area contributed by atoms with Gasteiger partial charge >= 0.3 is 16.2 Å². The van der Waals surface area contributed by atoms with Crippen LogP contribution in [0.1, 0.15) is 24.4 Å². The number of aliphatic carboxylic acids is 1. The Morgan fingerprint density at radius 2 is 2.04 bits per heavy atom. The third-order valence-electron chi connectivity index (χ3n) is 3.68. The minimum Gasteiger partial charge on any atom is -0.481 e. The van der Waals surface area contributed by atoms with E-state index in [1.54, 1.807) is 0 Å². The van der Waals surface area contributed by atoms with Gasteiger partial charge in [0.05, 0.1) is 18.2 Å². The van der Waals surface area contributed by atoms with Gasteiger partial charge in [-0.3, -0.25) is 9.59 Å². The van der Waals surface area contributed by atoms with Crippen LogP contribution in [0.2, 0.25) is 0 Å². The molecule has 2 unspecified atom stereocenters. The van der Waals surface area contributed by atoms with Crippen molar-refractivity contribution in [3.05, 3.63) is 35.6 Å². The van der Waals surface area contributed by atoms with E-state index in [2.05, 4.69) is 0 Å². The van der Waals surface area contributed by atoms with Crippen LogP contribution in [0.5, 0.6) is 0 Å². The molecule has 0 radical (unpaired) electrons. The molecule has 1 aliphatic rings. The van der Waals surface area contributed by atoms with Crippen molar-refractivity contribution in [2.24, 2.45) is 5.92 Å². The molecule has 0 spiro atoms. The molecule has 0 aliphatic carbocycles. The third kappa shape index (κ3) is 4.47. The Hall–Kier alpha value is -2.03. The number of halogens is 2. The topological polar surface area (TPSA) is 91.8 Å². The molecule has 23 heavy (non-hydrogen) atoms. The van der Waals surface area contributed by atoms with Crippen LogP contribution in [-0.4, -0.2) is 42.6 Å². The van der Waals surface area contributed by atoms with Gasteiger partial charge in [0, 0.05) is 24.4 Å². The molecule has 1 aliphatic heterocycles. The standard InChI is InChI=1S/C14H15F2NO5S/c15-11-4-2-1-3-10(11)12(6-14(19)20)17-7-9(5-13(17)18)8-23(16,21)22/h1-4,9,12H,5-8H2,(H,19,20). The molecule has 9 heteroatoms. The number of carbonyl (C=O) groups excluding carboxylic acids is 1. The second kappa shape index (κ2) is 6.61. The Labute approximate surface area is 131 Å². The van der Waals surface area contributed by atoms with Crippen molar-refractivity contribution in [3.63, 3.8) is 0 Å². The Morgan fingerprint density at radius 3 is 2.61 bits per heavy atom. The molecule has 0 saturated carbocycles. The number of carboxylic acid groups (broad SMARTS) is 1. The first-order valence-electron chi connectivity index (χ1n) is 6.85. The van der Waals surface area contributed by atoms with Crippen LogP contribution in [-0.2, 0) is 19.8 Å². The highest BCUT2D eigenvalue weighted by Gasteiger charge is 2.38. The number of likely N-dealkylation sites (tertiary alicyclic amines) is 1. The summed E-state index contributed by atoms with van der Waals surface area (Å²) in [6.45, 7) is -0.131. The summed E-state index contributed by atoms with van der Waals surface area (Å²) >= 11 is 0. The van der Waals surface area contributed by atoms with E-state index in [4.69, 9.17) is 5.11 Å². The molecular weight excluding hydrogens is 332 g/mol. The number of nitrogens with zero attached hydrogens (tertiary/aromatic N) is 1. The Balaban J connectivity index is 2.28. The highest BCUT2D eigenvalue weighted by atomic mass is 32.3. The lowest BCUT2D eigenvalue weighted by molar-refractivity contribution is -0.139. The summed E-state index contributed by atoms with van der Waals surface area (Å²) < 4.78 is 48.2. The van der Waals surface area contributed by atoms with Crippen LogP contribution in [0, 0.1) is 11.7 Å². The van der Waals surface area contributed by atoms with Gasteiger partial charge in [0.25, 0.3) is 0 Å². The molecule has 0 aromatic heterocycles. The lowest BCUT2D eigenvalue weighted by Crippen LogP contribution is -2.33. The predicted molar refractivity (Wildman–Crippen MR) is 76.1 cm³/mol. The average Bonchev–Trinajstić information content (AvgIpc) is 2.75. The Bertz CT molecular complexity index is 722. The molecule has 2 rings (SSSR count). The highest BCUT2D eigenvalue weighted by molar-refractivity contribution is 7.86. The smallest absolute Gasteiger partial charge is 0.305 e.